The molecule has 1 aliphatic rings. The van der Waals surface area contributed by atoms with Crippen molar-refractivity contribution in [2.45, 2.75) is 25.2 Å². The highest BCUT2D eigenvalue weighted by molar-refractivity contribution is 5.86. The fourth-order valence-corrected chi connectivity index (χ4v) is 2.65. The van der Waals surface area contributed by atoms with E-state index in [1.807, 2.05) is 24.3 Å². The van der Waals surface area contributed by atoms with E-state index in [2.05, 4.69) is 17.5 Å². The van der Waals surface area contributed by atoms with Crippen LogP contribution in [0.25, 0.3) is 0 Å². The van der Waals surface area contributed by atoms with E-state index in [9.17, 15) is 4.79 Å². The Morgan fingerprint density at radius 3 is 2.57 bits per heavy atom. The second kappa shape index (κ2) is 7.31. The van der Waals surface area contributed by atoms with Crippen molar-refractivity contribution >= 4 is 11.6 Å². The zero-order chi connectivity index (χ0) is 15.1. The predicted molar refractivity (Wildman–Crippen MR) is 79.3 cm³/mol. The Balaban J connectivity index is 2.17. The maximum absolute atomic E-state index is 12.8. The van der Waals surface area contributed by atoms with Crippen molar-refractivity contribution in [3.63, 3.8) is 0 Å². The lowest BCUT2D eigenvalue weighted by Gasteiger charge is -2.30. The van der Waals surface area contributed by atoms with Crippen molar-refractivity contribution in [2.75, 3.05) is 25.0 Å². The Hall–Kier alpha value is -2.53. The lowest BCUT2D eigenvalue weighted by molar-refractivity contribution is -0.132. The van der Waals surface area contributed by atoms with E-state index in [1.165, 1.54) is 0 Å². The van der Waals surface area contributed by atoms with Crippen molar-refractivity contribution in [2.24, 2.45) is 0 Å². The monoisotopic (exact) mass is 282 g/mol. The van der Waals surface area contributed by atoms with Gasteiger partial charge < -0.3 is 10.2 Å². The highest BCUT2D eigenvalue weighted by atomic mass is 16.2. The maximum Gasteiger partial charge on any atom is 0.230 e. The summed E-state index contributed by atoms with van der Waals surface area (Å²) < 4.78 is 0. The minimum atomic E-state index is -0.181. The molecule has 5 nitrogen and oxygen atoms in total. The Morgan fingerprint density at radius 2 is 1.90 bits per heavy atom. The third-order valence-electron chi connectivity index (χ3n) is 3.68. The molecule has 1 aromatic rings. The van der Waals surface area contributed by atoms with Gasteiger partial charge in [0, 0.05) is 25.3 Å². The first-order chi connectivity index (χ1) is 10.3. The first-order valence-corrected chi connectivity index (χ1v) is 7.13. The van der Waals surface area contributed by atoms with Crippen LogP contribution < -0.4 is 5.32 Å². The molecule has 1 unspecified atom stereocenters. The van der Waals surface area contributed by atoms with Crippen LogP contribution in [0.5, 0.6) is 0 Å². The Morgan fingerprint density at radius 1 is 1.24 bits per heavy atom. The number of carbonyl (C=O) groups is 1. The largest absolute Gasteiger partial charge is 0.385 e. The van der Waals surface area contributed by atoms with E-state index < -0.39 is 0 Å². The van der Waals surface area contributed by atoms with Gasteiger partial charge in [-0.2, -0.15) is 10.5 Å². The molecule has 1 N–H and O–H groups in total. The molecule has 1 aromatic carbocycles. The first kappa shape index (κ1) is 14.9. The molecule has 5 heteroatoms. The molecule has 0 spiro atoms. The van der Waals surface area contributed by atoms with Gasteiger partial charge in [0.2, 0.25) is 5.91 Å². The smallest absolute Gasteiger partial charge is 0.230 e. The third-order valence-corrected chi connectivity index (χ3v) is 3.68. The lowest BCUT2D eigenvalue weighted by Crippen LogP contribution is -2.38. The summed E-state index contributed by atoms with van der Waals surface area (Å²) in [7, 11) is 0. The number of rotatable bonds is 5. The van der Waals surface area contributed by atoms with Gasteiger partial charge in [0.05, 0.1) is 30.9 Å². The Kier molecular flexibility index (Phi) is 5.17. The number of fused-ring (bicyclic) bond motifs is 1. The molecule has 1 atom stereocenters. The van der Waals surface area contributed by atoms with Crippen molar-refractivity contribution in [1.82, 2.24) is 4.90 Å². The topological polar surface area (TPSA) is 79.9 Å². The molecule has 1 aliphatic heterocycles. The summed E-state index contributed by atoms with van der Waals surface area (Å²) >= 11 is 0. The number of carbonyl (C=O) groups excluding carboxylic acids is 1. The number of amides is 1. The number of hydrogen-bond donors (Lipinski definition) is 1. The average Bonchev–Trinajstić information content (AvgIpc) is 2.54. The molecule has 0 aliphatic carbocycles. The van der Waals surface area contributed by atoms with Crippen LogP contribution in [0.2, 0.25) is 0 Å². The van der Waals surface area contributed by atoms with Crippen molar-refractivity contribution in [3.8, 4) is 12.1 Å². The Labute approximate surface area is 124 Å². The molecule has 0 saturated carbocycles. The number of nitriles is 2. The van der Waals surface area contributed by atoms with Crippen molar-refractivity contribution < 1.29 is 4.79 Å². The van der Waals surface area contributed by atoms with Gasteiger partial charge in [-0.3, -0.25) is 4.79 Å². The van der Waals surface area contributed by atoms with E-state index in [-0.39, 0.29) is 11.8 Å². The number of nitrogens with zero attached hydrogens (tertiary/aromatic N) is 3. The number of para-hydroxylation sites is 1. The fourth-order valence-electron chi connectivity index (χ4n) is 2.65. The predicted octanol–water partition coefficient (Wildman–Crippen LogP) is 2.24. The lowest BCUT2D eigenvalue weighted by atomic mass is 9.89. The van der Waals surface area contributed by atoms with Crippen molar-refractivity contribution in [3.05, 3.63) is 29.8 Å². The summed E-state index contributed by atoms with van der Waals surface area (Å²) in [6, 6.07) is 11.9. The van der Waals surface area contributed by atoms with Gasteiger partial charge in [0.15, 0.2) is 0 Å². The van der Waals surface area contributed by atoms with E-state index >= 15 is 0 Å². The molecule has 108 valence electrons. The zero-order valence-electron chi connectivity index (χ0n) is 11.9. The van der Waals surface area contributed by atoms with Gasteiger partial charge in [-0.25, -0.2) is 0 Å². The molecule has 21 heavy (non-hydrogen) atoms. The van der Waals surface area contributed by atoms with Crippen molar-refractivity contribution in [1.29, 1.82) is 10.5 Å². The van der Waals surface area contributed by atoms with Gasteiger partial charge >= 0.3 is 0 Å². The minimum Gasteiger partial charge on any atom is -0.385 e. The molecule has 0 fully saturated rings. The summed E-state index contributed by atoms with van der Waals surface area (Å²) in [5.41, 5.74) is 2.01. The molecule has 2 rings (SSSR count). The van der Waals surface area contributed by atoms with Gasteiger partial charge in [0.25, 0.3) is 0 Å². The SMILES string of the molecule is N#CCCN(CCC#N)C(=O)C1CCNc2ccccc21. The van der Waals surface area contributed by atoms with Crippen LogP contribution in [-0.2, 0) is 4.79 Å². The second-order valence-corrected chi connectivity index (χ2v) is 5.00. The number of hydrogen-bond acceptors (Lipinski definition) is 4. The van der Waals surface area contributed by atoms with Crippen LogP contribution >= 0.6 is 0 Å². The highest BCUT2D eigenvalue weighted by Gasteiger charge is 2.29. The fraction of sp³-hybridized carbons (Fsp3) is 0.438. The normalized spacial score (nSPS) is 16.0. The zero-order valence-corrected chi connectivity index (χ0v) is 11.9. The summed E-state index contributed by atoms with van der Waals surface area (Å²) in [6.45, 7) is 1.55. The minimum absolute atomic E-state index is 0.0226. The number of anilines is 1. The van der Waals surface area contributed by atoms with Crippen LogP contribution in [-0.4, -0.2) is 30.4 Å². The molecule has 0 radical (unpaired) electrons. The van der Waals surface area contributed by atoms with Gasteiger partial charge in [-0.1, -0.05) is 18.2 Å². The number of benzene rings is 1. The van der Waals surface area contributed by atoms with Gasteiger partial charge in [-0.05, 0) is 18.1 Å². The molecular weight excluding hydrogens is 264 g/mol. The maximum atomic E-state index is 12.8. The molecule has 0 aromatic heterocycles. The standard InChI is InChI=1S/C16H18N4O/c17-8-3-11-20(12-4-9-18)16(21)14-7-10-19-15-6-2-1-5-13(14)15/h1-2,5-6,14,19H,3-4,7,10-12H2. The van der Waals surface area contributed by atoms with Crippen LogP contribution in [0.4, 0.5) is 5.69 Å². The van der Waals surface area contributed by atoms with Crippen LogP contribution in [0, 0.1) is 22.7 Å². The van der Waals surface area contributed by atoms with E-state index in [0.717, 1.165) is 24.2 Å². The molecular formula is C16H18N4O. The van der Waals surface area contributed by atoms with Gasteiger partial charge in [0.1, 0.15) is 0 Å². The first-order valence-electron chi connectivity index (χ1n) is 7.13. The Bertz CT molecular complexity index is 567. The molecule has 0 saturated heterocycles. The van der Waals surface area contributed by atoms with Crippen LogP contribution in [0.3, 0.4) is 0 Å². The summed E-state index contributed by atoms with van der Waals surface area (Å²) in [5.74, 6) is -0.158. The summed E-state index contributed by atoms with van der Waals surface area (Å²) in [6.07, 6.45) is 1.33. The van der Waals surface area contributed by atoms with Gasteiger partial charge in [-0.15, -0.1) is 0 Å². The molecule has 0 bridgehead atoms. The summed E-state index contributed by atoms with van der Waals surface area (Å²) in [5, 5.41) is 20.8. The highest BCUT2D eigenvalue weighted by Crippen LogP contribution is 2.32. The van der Waals surface area contributed by atoms with Crippen LogP contribution in [0.1, 0.15) is 30.7 Å². The average molecular weight is 282 g/mol. The van der Waals surface area contributed by atoms with E-state index in [4.69, 9.17) is 10.5 Å². The number of nitrogens with one attached hydrogen (secondary N) is 1. The quantitative estimate of drug-likeness (QED) is 0.898. The molecule has 1 amide bonds. The summed E-state index contributed by atoms with van der Waals surface area (Å²) in [4.78, 5) is 14.4. The second-order valence-electron chi connectivity index (χ2n) is 5.00. The third kappa shape index (κ3) is 3.52. The van der Waals surface area contributed by atoms with E-state index in [1.54, 1.807) is 4.90 Å². The van der Waals surface area contributed by atoms with E-state index in [0.29, 0.717) is 25.9 Å². The molecule has 1 heterocycles. The van der Waals surface area contributed by atoms with Crippen LogP contribution in [0.15, 0.2) is 24.3 Å².